The Kier molecular flexibility index (Phi) is 4.04. The zero-order valence-corrected chi connectivity index (χ0v) is 11.1. The largest absolute Gasteiger partial charge is 0.406 e. The molecule has 1 aromatic carbocycles. The average Bonchev–Trinajstić information content (AvgIpc) is 2.39. The molecule has 1 heterocycles. The normalized spacial score (nSPS) is 27.8. The van der Waals surface area contributed by atoms with Crippen LogP contribution in [0.15, 0.2) is 30.3 Å². The van der Waals surface area contributed by atoms with Crippen molar-refractivity contribution in [3.05, 3.63) is 35.9 Å². The van der Waals surface area contributed by atoms with Crippen LogP contribution >= 0.6 is 0 Å². The van der Waals surface area contributed by atoms with Gasteiger partial charge >= 0.3 is 6.18 Å². The molecule has 3 nitrogen and oxygen atoms in total. The van der Waals surface area contributed by atoms with Crippen LogP contribution in [0.25, 0.3) is 0 Å². The summed E-state index contributed by atoms with van der Waals surface area (Å²) >= 11 is 0. The lowest BCUT2D eigenvalue weighted by molar-refractivity contribution is -0.170. The maximum absolute atomic E-state index is 12.6. The molecule has 2 rings (SSSR count). The monoisotopic (exact) mass is 286 g/mol. The summed E-state index contributed by atoms with van der Waals surface area (Å²) in [6, 6.07) is 7.82. The summed E-state index contributed by atoms with van der Waals surface area (Å²) < 4.78 is 37.8. The molecule has 20 heavy (non-hydrogen) atoms. The highest BCUT2D eigenvalue weighted by atomic mass is 19.4. The standard InChI is InChI=1S/C14H17F3N2O/c1-9-11(10-5-3-2-4-6-10)7-12(18)13(20)19(9)8-14(15,16)17/h2-6,9,11-12H,7-8,18H2,1H3/t9-,11-,12+/m0/s1. The highest BCUT2D eigenvalue weighted by molar-refractivity contribution is 5.83. The number of piperidine rings is 1. The molecule has 0 spiro atoms. The number of hydrogen-bond donors (Lipinski definition) is 1. The van der Waals surface area contributed by atoms with Crippen LogP contribution in [0.1, 0.15) is 24.8 Å². The van der Waals surface area contributed by atoms with Crippen LogP contribution in [-0.4, -0.2) is 35.6 Å². The third-order valence-corrected chi connectivity index (χ3v) is 3.76. The minimum absolute atomic E-state index is 0.175. The minimum atomic E-state index is -4.41. The molecule has 6 heteroatoms. The van der Waals surface area contributed by atoms with Crippen molar-refractivity contribution < 1.29 is 18.0 Å². The number of halogens is 3. The topological polar surface area (TPSA) is 46.3 Å². The number of likely N-dealkylation sites (tertiary alicyclic amines) is 1. The maximum Gasteiger partial charge on any atom is 0.406 e. The lowest BCUT2D eigenvalue weighted by Gasteiger charge is -2.42. The van der Waals surface area contributed by atoms with Gasteiger partial charge in [-0.1, -0.05) is 30.3 Å². The summed E-state index contributed by atoms with van der Waals surface area (Å²) in [4.78, 5) is 12.7. The van der Waals surface area contributed by atoms with E-state index < -0.39 is 30.7 Å². The maximum atomic E-state index is 12.6. The number of amides is 1. The van der Waals surface area contributed by atoms with Gasteiger partial charge in [-0.3, -0.25) is 4.79 Å². The highest BCUT2D eigenvalue weighted by Crippen LogP contribution is 2.34. The van der Waals surface area contributed by atoms with Crippen molar-refractivity contribution in [1.29, 1.82) is 0 Å². The number of rotatable bonds is 2. The van der Waals surface area contributed by atoms with Gasteiger partial charge in [-0.2, -0.15) is 13.2 Å². The van der Waals surface area contributed by atoms with Crippen LogP contribution in [0.2, 0.25) is 0 Å². The summed E-state index contributed by atoms with van der Waals surface area (Å²) in [7, 11) is 0. The molecule has 1 aliphatic heterocycles. The van der Waals surface area contributed by atoms with E-state index in [-0.39, 0.29) is 5.92 Å². The van der Waals surface area contributed by atoms with E-state index in [0.717, 1.165) is 10.5 Å². The fourth-order valence-electron chi connectivity index (χ4n) is 2.73. The molecule has 3 atom stereocenters. The van der Waals surface area contributed by atoms with Crippen molar-refractivity contribution in [2.45, 2.75) is 37.5 Å². The van der Waals surface area contributed by atoms with Crippen LogP contribution in [0.5, 0.6) is 0 Å². The van der Waals surface area contributed by atoms with Crippen LogP contribution in [0.3, 0.4) is 0 Å². The van der Waals surface area contributed by atoms with Crippen molar-refractivity contribution in [3.8, 4) is 0 Å². The van der Waals surface area contributed by atoms with Crippen molar-refractivity contribution in [2.24, 2.45) is 5.73 Å². The molecule has 1 aliphatic rings. The molecule has 0 radical (unpaired) electrons. The second-order valence-electron chi connectivity index (χ2n) is 5.18. The molecule has 1 fully saturated rings. The fourth-order valence-corrected chi connectivity index (χ4v) is 2.73. The molecule has 0 saturated carbocycles. The van der Waals surface area contributed by atoms with E-state index in [4.69, 9.17) is 5.73 Å². The van der Waals surface area contributed by atoms with Crippen molar-refractivity contribution in [2.75, 3.05) is 6.54 Å². The summed E-state index contributed by atoms with van der Waals surface area (Å²) in [5, 5.41) is 0. The Hall–Kier alpha value is -1.56. The van der Waals surface area contributed by atoms with Gasteiger partial charge in [0.25, 0.3) is 0 Å². The zero-order chi connectivity index (χ0) is 14.9. The first kappa shape index (κ1) is 14.8. The molecular weight excluding hydrogens is 269 g/mol. The quantitative estimate of drug-likeness (QED) is 0.906. The lowest BCUT2D eigenvalue weighted by Crippen LogP contribution is -2.57. The number of nitrogens with zero attached hydrogens (tertiary/aromatic N) is 1. The fraction of sp³-hybridized carbons (Fsp3) is 0.500. The van der Waals surface area contributed by atoms with Gasteiger partial charge in [-0.15, -0.1) is 0 Å². The van der Waals surface area contributed by atoms with Crippen molar-refractivity contribution in [3.63, 3.8) is 0 Å². The molecule has 0 unspecified atom stereocenters. The number of carbonyl (C=O) groups is 1. The Balaban J connectivity index is 2.26. The minimum Gasteiger partial charge on any atom is -0.329 e. The van der Waals surface area contributed by atoms with Crippen LogP contribution in [-0.2, 0) is 4.79 Å². The van der Waals surface area contributed by atoms with Crippen LogP contribution < -0.4 is 5.73 Å². The molecular formula is C14H17F3N2O. The van der Waals surface area contributed by atoms with E-state index in [1.807, 2.05) is 30.3 Å². The third kappa shape index (κ3) is 3.12. The molecule has 2 N–H and O–H groups in total. The third-order valence-electron chi connectivity index (χ3n) is 3.76. The molecule has 1 aromatic rings. The van der Waals surface area contributed by atoms with Gasteiger partial charge in [-0.05, 0) is 18.9 Å². The Morgan fingerprint density at radius 1 is 1.30 bits per heavy atom. The Bertz CT molecular complexity index is 475. The summed E-state index contributed by atoms with van der Waals surface area (Å²) in [6.45, 7) is 0.400. The number of nitrogens with two attached hydrogens (primary N) is 1. The summed E-state index contributed by atoms with van der Waals surface area (Å²) in [5.41, 5.74) is 6.63. The molecule has 0 aliphatic carbocycles. The van der Waals surface area contributed by atoms with Crippen molar-refractivity contribution in [1.82, 2.24) is 4.90 Å². The van der Waals surface area contributed by atoms with Gasteiger partial charge < -0.3 is 10.6 Å². The van der Waals surface area contributed by atoms with Gasteiger partial charge in [0.05, 0.1) is 6.04 Å². The first-order chi connectivity index (χ1) is 9.29. The second-order valence-corrected chi connectivity index (χ2v) is 5.18. The van der Waals surface area contributed by atoms with Crippen molar-refractivity contribution >= 4 is 5.91 Å². The molecule has 0 bridgehead atoms. The van der Waals surface area contributed by atoms with Crippen LogP contribution in [0, 0.1) is 0 Å². The number of hydrogen-bond acceptors (Lipinski definition) is 2. The van der Waals surface area contributed by atoms with E-state index in [1.54, 1.807) is 6.92 Å². The Labute approximate surface area is 115 Å². The summed E-state index contributed by atoms with van der Waals surface area (Å²) in [6.07, 6.45) is -4.04. The molecule has 110 valence electrons. The second kappa shape index (κ2) is 5.44. The van der Waals surface area contributed by atoms with Gasteiger partial charge in [0.1, 0.15) is 6.54 Å². The molecule has 1 saturated heterocycles. The number of benzene rings is 1. The van der Waals surface area contributed by atoms with E-state index in [9.17, 15) is 18.0 Å². The smallest absolute Gasteiger partial charge is 0.329 e. The first-order valence-electron chi connectivity index (χ1n) is 6.47. The Morgan fingerprint density at radius 2 is 1.90 bits per heavy atom. The predicted octanol–water partition coefficient (Wildman–Crippen LogP) is 2.28. The summed E-state index contributed by atoms with van der Waals surface area (Å²) in [5.74, 6) is -0.798. The Morgan fingerprint density at radius 3 is 2.45 bits per heavy atom. The molecule has 1 amide bonds. The van der Waals surface area contributed by atoms with Gasteiger partial charge in [-0.25, -0.2) is 0 Å². The van der Waals surface area contributed by atoms with E-state index in [2.05, 4.69) is 0 Å². The lowest BCUT2D eigenvalue weighted by atomic mass is 9.82. The number of alkyl halides is 3. The van der Waals surface area contributed by atoms with E-state index >= 15 is 0 Å². The van der Waals surface area contributed by atoms with Gasteiger partial charge in [0, 0.05) is 12.0 Å². The van der Waals surface area contributed by atoms with Gasteiger partial charge in [0.2, 0.25) is 5.91 Å². The molecule has 0 aromatic heterocycles. The highest BCUT2D eigenvalue weighted by Gasteiger charge is 2.43. The first-order valence-corrected chi connectivity index (χ1v) is 6.47. The van der Waals surface area contributed by atoms with E-state index in [1.165, 1.54) is 0 Å². The van der Waals surface area contributed by atoms with Gasteiger partial charge in [0.15, 0.2) is 0 Å². The zero-order valence-electron chi connectivity index (χ0n) is 11.1. The van der Waals surface area contributed by atoms with E-state index in [0.29, 0.717) is 6.42 Å². The predicted molar refractivity (Wildman–Crippen MR) is 69.0 cm³/mol. The number of carbonyl (C=O) groups excluding carboxylic acids is 1. The average molecular weight is 286 g/mol. The SMILES string of the molecule is C[C@H]1[C@@H](c2ccccc2)C[C@@H](N)C(=O)N1CC(F)(F)F. The van der Waals surface area contributed by atoms with Crippen LogP contribution in [0.4, 0.5) is 13.2 Å².